The van der Waals surface area contributed by atoms with Crippen molar-refractivity contribution in [1.29, 1.82) is 0 Å². The minimum atomic E-state index is 0.229. The average molecular weight is 301 g/mol. The Hall–Kier alpha value is -0.880. The largest absolute Gasteiger partial charge is 0.383 e. The molecule has 1 saturated heterocycles. The van der Waals surface area contributed by atoms with Crippen LogP contribution in [0.4, 0.5) is 11.8 Å². The number of nitrogen functional groups attached to an aromatic ring is 1. The molecule has 2 atom stereocenters. The zero-order valence-corrected chi connectivity index (χ0v) is 11.6. The zero-order valence-electron chi connectivity index (χ0n) is 10.1. The Morgan fingerprint density at radius 3 is 2.94 bits per heavy atom. The van der Waals surface area contributed by atoms with Gasteiger partial charge in [0.05, 0.1) is 6.10 Å². The molecule has 6 heteroatoms. The van der Waals surface area contributed by atoms with Crippen LogP contribution in [0.25, 0.3) is 0 Å². The fourth-order valence-electron chi connectivity index (χ4n) is 2.09. The number of methoxy groups -OCH3 is 1. The minimum Gasteiger partial charge on any atom is -0.383 e. The highest BCUT2D eigenvalue weighted by atomic mass is 79.9. The van der Waals surface area contributed by atoms with Crippen molar-refractivity contribution in [1.82, 2.24) is 9.97 Å². The summed E-state index contributed by atoms with van der Waals surface area (Å²) in [6.07, 6.45) is 1.31. The number of aromatic nitrogens is 2. The third-order valence-electron chi connectivity index (χ3n) is 3.18. The van der Waals surface area contributed by atoms with Gasteiger partial charge in [-0.3, -0.25) is 0 Å². The van der Waals surface area contributed by atoms with Gasteiger partial charge in [0.2, 0.25) is 5.95 Å². The fourth-order valence-corrected chi connectivity index (χ4v) is 2.48. The van der Waals surface area contributed by atoms with Gasteiger partial charge < -0.3 is 15.4 Å². The second-order valence-electron chi connectivity index (χ2n) is 4.40. The molecule has 0 radical (unpaired) electrons. The van der Waals surface area contributed by atoms with Gasteiger partial charge in [0, 0.05) is 26.3 Å². The molecule has 94 valence electrons. The van der Waals surface area contributed by atoms with Crippen LogP contribution in [0.3, 0.4) is 0 Å². The molecule has 0 saturated carbocycles. The van der Waals surface area contributed by atoms with Crippen LogP contribution in [0.5, 0.6) is 0 Å². The van der Waals surface area contributed by atoms with E-state index in [4.69, 9.17) is 10.5 Å². The molecule has 1 aromatic heterocycles. The van der Waals surface area contributed by atoms with Crippen molar-refractivity contribution >= 4 is 27.7 Å². The molecule has 2 heterocycles. The van der Waals surface area contributed by atoms with E-state index in [-0.39, 0.29) is 6.10 Å². The van der Waals surface area contributed by atoms with Crippen molar-refractivity contribution in [3.63, 3.8) is 0 Å². The number of ether oxygens (including phenoxy) is 1. The lowest BCUT2D eigenvalue weighted by Gasteiger charge is -2.36. The highest BCUT2D eigenvalue weighted by Crippen LogP contribution is 2.24. The van der Waals surface area contributed by atoms with E-state index < -0.39 is 0 Å². The Labute approximate surface area is 110 Å². The van der Waals surface area contributed by atoms with Crippen LogP contribution in [0.15, 0.2) is 10.7 Å². The lowest BCUT2D eigenvalue weighted by atomic mass is 9.96. The number of hydrogen-bond acceptors (Lipinski definition) is 5. The van der Waals surface area contributed by atoms with Gasteiger partial charge in [-0.15, -0.1) is 0 Å². The highest BCUT2D eigenvalue weighted by molar-refractivity contribution is 9.10. The lowest BCUT2D eigenvalue weighted by Crippen LogP contribution is -2.44. The Morgan fingerprint density at radius 1 is 1.53 bits per heavy atom. The summed E-state index contributed by atoms with van der Waals surface area (Å²) in [6, 6.07) is 1.70. The molecule has 2 unspecified atom stereocenters. The molecule has 5 nitrogen and oxygen atoms in total. The smallest absolute Gasteiger partial charge is 0.228 e. The van der Waals surface area contributed by atoms with Crippen LogP contribution in [-0.4, -0.2) is 36.3 Å². The van der Waals surface area contributed by atoms with Crippen LogP contribution in [0, 0.1) is 5.92 Å². The first-order valence-electron chi connectivity index (χ1n) is 5.68. The van der Waals surface area contributed by atoms with Crippen molar-refractivity contribution < 1.29 is 4.74 Å². The molecule has 1 aromatic rings. The second kappa shape index (κ2) is 5.18. The Bertz CT molecular complexity index is 381. The van der Waals surface area contributed by atoms with Crippen LogP contribution in [0.2, 0.25) is 0 Å². The molecule has 1 aliphatic rings. The predicted octanol–water partition coefficient (Wildman–Crippen LogP) is 1.68. The Kier molecular flexibility index (Phi) is 3.83. The summed E-state index contributed by atoms with van der Waals surface area (Å²) in [5.41, 5.74) is 5.72. The molecule has 0 aliphatic carbocycles. The molecule has 1 aliphatic heterocycles. The van der Waals surface area contributed by atoms with Crippen LogP contribution in [-0.2, 0) is 4.74 Å². The molecule has 2 N–H and O–H groups in total. The Balaban J connectivity index is 2.17. The van der Waals surface area contributed by atoms with Crippen molar-refractivity contribution in [2.24, 2.45) is 5.92 Å². The van der Waals surface area contributed by atoms with E-state index in [0.29, 0.717) is 22.3 Å². The molecule has 0 amide bonds. The molecular weight excluding hydrogens is 284 g/mol. The zero-order chi connectivity index (χ0) is 12.4. The molecule has 1 fully saturated rings. The van der Waals surface area contributed by atoms with Gasteiger partial charge >= 0.3 is 0 Å². The topological polar surface area (TPSA) is 64.3 Å². The number of rotatable bonds is 2. The third-order valence-corrected chi connectivity index (χ3v) is 3.58. The van der Waals surface area contributed by atoms with E-state index in [1.54, 1.807) is 13.2 Å². The molecule has 2 rings (SSSR count). The van der Waals surface area contributed by atoms with E-state index in [9.17, 15) is 0 Å². The van der Waals surface area contributed by atoms with Gasteiger partial charge in [0.25, 0.3) is 0 Å². The summed E-state index contributed by atoms with van der Waals surface area (Å²) >= 11 is 3.33. The quantitative estimate of drug-likeness (QED) is 0.842. The molecule has 0 bridgehead atoms. The summed E-state index contributed by atoms with van der Waals surface area (Å²) in [6.45, 7) is 3.96. The number of nitrogens with zero attached hydrogens (tertiary/aromatic N) is 3. The molecule has 17 heavy (non-hydrogen) atoms. The number of hydrogen-bond donors (Lipinski definition) is 1. The van der Waals surface area contributed by atoms with Crippen LogP contribution < -0.4 is 10.6 Å². The fraction of sp³-hybridized carbons (Fsp3) is 0.636. The van der Waals surface area contributed by atoms with Crippen molar-refractivity contribution in [2.45, 2.75) is 19.4 Å². The molecule has 0 spiro atoms. The second-order valence-corrected chi connectivity index (χ2v) is 5.21. The maximum absolute atomic E-state index is 5.72. The summed E-state index contributed by atoms with van der Waals surface area (Å²) in [4.78, 5) is 10.7. The van der Waals surface area contributed by atoms with Gasteiger partial charge in [-0.25, -0.2) is 4.98 Å². The van der Waals surface area contributed by atoms with E-state index in [0.717, 1.165) is 19.5 Å². The van der Waals surface area contributed by atoms with Crippen LogP contribution in [0.1, 0.15) is 13.3 Å². The highest BCUT2D eigenvalue weighted by Gasteiger charge is 2.27. The monoisotopic (exact) mass is 300 g/mol. The minimum absolute atomic E-state index is 0.229. The molecule has 0 aromatic carbocycles. The van der Waals surface area contributed by atoms with Gasteiger partial charge in [-0.05, 0) is 28.3 Å². The first kappa shape index (κ1) is 12.6. The van der Waals surface area contributed by atoms with Crippen molar-refractivity contribution in [3.8, 4) is 0 Å². The van der Waals surface area contributed by atoms with Crippen LogP contribution >= 0.6 is 15.9 Å². The van der Waals surface area contributed by atoms with Gasteiger partial charge in [0.15, 0.2) is 0 Å². The van der Waals surface area contributed by atoms with Crippen molar-refractivity contribution in [2.75, 3.05) is 30.8 Å². The number of nitrogens with two attached hydrogens (primary N) is 1. The maximum atomic E-state index is 5.72. The summed E-state index contributed by atoms with van der Waals surface area (Å²) in [5.74, 6) is 1.72. The van der Waals surface area contributed by atoms with E-state index >= 15 is 0 Å². The lowest BCUT2D eigenvalue weighted by molar-refractivity contribution is 0.0494. The third kappa shape index (κ3) is 2.87. The average Bonchev–Trinajstić information content (AvgIpc) is 2.28. The maximum Gasteiger partial charge on any atom is 0.228 e. The van der Waals surface area contributed by atoms with E-state index in [2.05, 4.69) is 37.7 Å². The molecular formula is C11H17BrN4O. The summed E-state index contributed by atoms with van der Waals surface area (Å²) in [7, 11) is 1.75. The van der Waals surface area contributed by atoms with Crippen molar-refractivity contribution in [3.05, 3.63) is 10.7 Å². The van der Waals surface area contributed by atoms with E-state index in [1.807, 2.05) is 0 Å². The first-order valence-corrected chi connectivity index (χ1v) is 6.47. The summed E-state index contributed by atoms with van der Waals surface area (Å²) in [5, 5.41) is 0. The summed E-state index contributed by atoms with van der Waals surface area (Å²) < 4.78 is 6.19. The number of halogens is 1. The van der Waals surface area contributed by atoms with Gasteiger partial charge in [-0.2, -0.15) is 4.98 Å². The Morgan fingerprint density at radius 2 is 2.29 bits per heavy atom. The van der Waals surface area contributed by atoms with E-state index in [1.165, 1.54) is 0 Å². The van der Waals surface area contributed by atoms with Gasteiger partial charge in [0.1, 0.15) is 10.4 Å². The number of anilines is 2. The first-order chi connectivity index (χ1) is 8.10. The van der Waals surface area contributed by atoms with Gasteiger partial charge in [-0.1, -0.05) is 6.92 Å². The predicted molar refractivity (Wildman–Crippen MR) is 70.9 cm³/mol. The normalized spacial score (nSPS) is 25.0. The SMILES string of the molecule is COC1CN(c2nc(N)cc(Br)n2)CCC1C. The standard InChI is InChI=1S/C11H17BrN4O/c1-7-3-4-16(6-8(7)17-2)11-14-9(12)5-10(13)15-11/h5,7-8H,3-4,6H2,1-2H3,(H2,13,14,15). The number of piperidine rings is 1.